The van der Waals surface area contributed by atoms with E-state index in [4.69, 9.17) is 5.11 Å². The summed E-state index contributed by atoms with van der Waals surface area (Å²) in [5.41, 5.74) is 0. The van der Waals surface area contributed by atoms with Crippen LogP contribution in [0.3, 0.4) is 0 Å². The number of carbonyl (C=O) groups excluding carboxylic acids is 2. The molecule has 4 rings (SSSR count). The van der Waals surface area contributed by atoms with Crippen molar-refractivity contribution in [3.63, 3.8) is 0 Å². The van der Waals surface area contributed by atoms with E-state index in [1.165, 1.54) is 37.5 Å². The van der Waals surface area contributed by atoms with Crippen LogP contribution in [0.5, 0.6) is 5.75 Å². The monoisotopic (exact) mass is 433 g/mol. The molecule has 7 heteroatoms. The summed E-state index contributed by atoms with van der Waals surface area (Å²) in [7, 11) is 0. The van der Waals surface area contributed by atoms with Crippen LogP contribution in [-0.2, 0) is 9.59 Å². The van der Waals surface area contributed by atoms with Crippen LogP contribution < -0.4 is 0 Å². The summed E-state index contributed by atoms with van der Waals surface area (Å²) >= 11 is 0. The van der Waals surface area contributed by atoms with Crippen LogP contribution in [0.1, 0.15) is 52.4 Å². The van der Waals surface area contributed by atoms with Crippen molar-refractivity contribution in [1.82, 2.24) is 14.7 Å². The first kappa shape index (κ1) is 23.5. The van der Waals surface area contributed by atoms with Crippen LogP contribution in [0.2, 0.25) is 0 Å². The Bertz CT molecular complexity index is 736. The maximum absolute atomic E-state index is 13.0. The minimum Gasteiger partial charge on any atom is -0.508 e. The van der Waals surface area contributed by atoms with E-state index in [9.17, 15) is 14.0 Å². The molecular formula is C24H36FN3O3. The highest BCUT2D eigenvalue weighted by Gasteiger charge is 2.38. The third-order valence-corrected chi connectivity index (χ3v) is 6.56. The van der Waals surface area contributed by atoms with Gasteiger partial charge in [0.1, 0.15) is 17.6 Å². The largest absolute Gasteiger partial charge is 0.508 e. The van der Waals surface area contributed by atoms with E-state index in [1.807, 2.05) is 23.6 Å². The Balaban J connectivity index is 0.000000287. The first-order valence-electron chi connectivity index (χ1n) is 11.6. The Kier molecular flexibility index (Phi) is 8.29. The number of hydrogen-bond donors (Lipinski definition) is 1. The Morgan fingerprint density at radius 1 is 1.00 bits per heavy atom. The minimum atomic E-state index is -0.412. The van der Waals surface area contributed by atoms with Crippen molar-refractivity contribution in [2.24, 2.45) is 5.92 Å². The molecule has 1 atom stereocenters. The van der Waals surface area contributed by atoms with E-state index in [2.05, 4.69) is 4.90 Å². The Morgan fingerprint density at radius 3 is 2.35 bits per heavy atom. The maximum atomic E-state index is 13.0. The third-order valence-electron chi connectivity index (χ3n) is 6.56. The number of amides is 2. The summed E-state index contributed by atoms with van der Waals surface area (Å²) in [5, 5.41) is 8.57. The first-order chi connectivity index (χ1) is 14.9. The molecule has 0 unspecified atom stereocenters. The fourth-order valence-electron chi connectivity index (χ4n) is 4.58. The molecule has 1 aromatic carbocycles. The van der Waals surface area contributed by atoms with Gasteiger partial charge in [-0.1, -0.05) is 26.3 Å². The van der Waals surface area contributed by atoms with E-state index in [-0.39, 0.29) is 29.5 Å². The molecule has 6 nitrogen and oxygen atoms in total. The fraction of sp³-hybridized carbons (Fsp3) is 0.667. The molecule has 2 amide bonds. The van der Waals surface area contributed by atoms with Crippen molar-refractivity contribution in [2.45, 2.75) is 64.5 Å². The van der Waals surface area contributed by atoms with Crippen LogP contribution in [0.4, 0.5) is 4.39 Å². The van der Waals surface area contributed by atoms with Crippen molar-refractivity contribution in [3.8, 4) is 5.75 Å². The first-order valence-corrected chi connectivity index (χ1v) is 11.6. The molecule has 1 saturated carbocycles. The highest BCUT2D eigenvalue weighted by Crippen LogP contribution is 2.26. The highest BCUT2D eigenvalue weighted by molar-refractivity contribution is 5.89. The number of rotatable bonds is 3. The van der Waals surface area contributed by atoms with E-state index in [0.29, 0.717) is 0 Å². The summed E-state index contributed by atoms with van der Waals surface area (Å²) in [6.07, 6.45) is 6.86. The van der Waals surface area contributed by atoms with Gasteiger partial charge in [-0.25, -0.2) is 4.39 Å². The van der Waals surface area contributed by atoms with Gasteiger partial charge in [-0.2, -0.15) is 0 Å². The summed E-state index contributed by atoms with van der Waals surface area (Å²) in [5.74, 6) is -0.157. The van der Waals surface area contributed by atoms with Crippen molar-refractivity contribution in [3.05, 3.63) is 30.1 Å². The summed E-state index contributed by atoms with van der Waals surface area (Å²) in [6, 6.07) is 5.75. The van der Waals surface area contributed by atoms with Gasteiger partial charge < -0.3 is 14.9 Å². The zero-order chi connectivity index (χ0) is 22.4. The standard InChI is InChI=1S/C18H31N3O2.C6H5FO/c1-14(2)17(22)21-11-4-8-16(21)18(23)20-10-5-9-19(12-13-20)15-6-3-7-15;7-5-2-1-3-6(8)4-5/h14-16H,3-13H2,1-2H3;1-4,8H/t16-;/m1./s1. The molecule has 1 aliphatic carbocycles. The van der Waals surface area contributed by atoms with Gasteiger partial charge in [0.25, 0.3) is 0 Å². The summed E-state index contributed by atoms with van der Waals surface area (Å²) in [4.78, 5) is 31.7. The quantitative estimate of drug-likeness (QED) is 0.795. The molecule has 3 fully saturated rings. The number of phenols is 1. The second-order valence-corrected chi connectivity index (χ2v) is 9.12. The van der Waals surface area contributed by atoms with Crippen LogP contribution in [0.25, 0.3) is 0 Å². The molecule has 2 saturated heterocycles. The number of carbonyl (C=O) groups is 2. The van der Waals surface area contributed by atoms with Crippen LogP contribution >= 0.6 is 0 Å². The number of halogens is 1. The molecule has 0 bridgehead atoms. The highest BCUT2D eigenvalue weighted by atomic mass is 19.1. The van der Waals surface area contributed by atoms with Gasteiger partial charge in [0.05, 0.1) is 0 Å². The fourth-order valence-corrected chi connectivity index (χ4v) is 4.58. The SMILES string of the molecule is CC(C)C(=O)N1CCC[C@@H]1C(=O)N1CCCN(C2CCC2)CC1.Oc1cccc(F)c1. The van der Waals surface area contributed by atoms with E-state index < -0.39 is 5.82 Å². The van der Waals surface area contributed by atoms with Gasteiger partial charge in [0.2, 0.25) is 11.8 Å². The molecule has 3 aliphatic rings. The lowest BCUT2D eigenvalue weighted by Gasteiger charge is -2.37. The molecule has 1 aromatic rings. The Hall–Kier alpha value is -2.15. The summed E-state index contributed by atoms with van der Waals surface area (Å²) < 4.78 is 12.0. The predicted octanol–water partition coefficient (Wildman–Crippen LogP) is 3.25. The third kappa shape index (κ3) is 6.19. The lowest BCUT2D eigenvalue weighted by molar-refractivity contribution is -0.145. The number of phenolic OH excluding ortho intramolecular Hbond substituents is 1. The van der Waals surface area contributed by atoms with Crippen LogP contribution in [0, 0.1) is 11.7 Å². The number of benzene rings is 1. The zero-order valence-electron chi connectivity index (χ0n) is 18.8. The molecule has 31 heavy (non-hydrogen) atoms. The van der Waals surface area contributed by atoms with Crippen molar-refractivity contribution in [2.75, 3.05) is 32.7 Å². The normalized spacial score (nSPS) is 22.5. The number of hydrogen-bond acceptors (Lipinski definition) is 4. The molecule has 0 radical (unpaired) electrons. The van der Waals surface area contributed by atoms with Crippen LogP contribution in [0.15, 0.2) is 24.3 Å². The maximum Gasteiger partial charge on any atom is 0.245 e. The molecule has 1 N–H and O–H groups in total. The Labute approximate surface area is 185 Å². The van der Waals surface area contributed by atoms with Gasteiger partial charge in [-0.05, 0) is 44.2 Å². The van der Waals surface area contributed by atoms with Gasteiger partial charge in [-0.3, -0.25) is 14.5 Å². The van der Waals surface area contributed by atoms with Crippen molar-refractivity contribution in [1.29, 1.82) is 0 Å². The van der Waals surface area contributed by atoms with E-state index >= 15 is 0 Å². The number of likely N-dealkylation sites (tertiary alicyclic amines) is 1. The second-order valence-electron chi connectivity index (χ2n) is 9.12. The Morgan fingerprint density at radius 2 is 1.77 bits per heavy atom. The second kappa shape index (κ2) is 10.9. The average Bonchev–Trinajstić information content (AvgIpc) is 3.05. The zero-order valence-corrected chi connectivity index (χ0v) is 18.8. The van der Waals surface area contributed by atoms with Crippen LogP contribution in [-0.4, -0.2) is 76.4 Å². The minimum absolute atomic E-state index is 0.0263. The van der Waals surface area contributed by atoms with Gasteiger partial charge >= 0.3 is 0 Å². The number of aromatic hydroxyl groups is 1. The van der Waals surface area contributed by atoms with Gasteiger partial charge in [0, 0.05) is 50.7 Å². The smallest absolute Gasteiger partial charge is 0.245 e. The predicted molar refractivity (Wildman–Crippen MR) is 118 cm³/mol. The molecule has 0 aromatic heterocycles. The topological polar surface area (TPSA) is 64.1 Å². The molecule has 2 heterocycles. The van der Waals surface area contributed by atoms with Gasteiger partial charge in [-0.15, -0.1) is 0 Å². The van der Waals surface area contributed by atoms with Gasteiger partial charge in [0.15, 0.2) is 0 Å². The van der Waals surface area contributed by atoms with Crippen molar-refractivity contribution < 1.29 is 19.1 Å². The molecule has 0 spiro atoms. The molecule has 2 aliphatic heterocycles. The number of nitrogens with zero attached hydrogens (tertiary/aromatic N) is 3. The lowest BCUT2D eigenvalue weighted by atomic mass is 9.91. The average molecular weight is 434 g/mol. The summed E-state index contributed by atoms with van der Waals surface area (Å²) in [6.45, 7) is 8.39. The lowest BCUT2D eigenvalue weighted by Crippen LogP contribution is -2.50. The molecule has 172 valence electrons. The van der Waals surface area contributed by atoms with Crippen molar-refractivity contribution >= 4 is 11.8 Å². The van der Waals surface area contributed by atoms with E-state index in [1.54, 1.807) is 0 Å². The van der Waals surface area contributed by atoms with E-state index in [0.717, 1.165) is 64.1 Å². The molecular weight excluding hydrogens is 397 g/mol.